The molecule has 2 rings (SSSR count). The lowest BCUT2D eigenvalue weighted by molar-refractivity contribution is 0.418. The number of sulfonamides is 1. The van der Waals surface area contributed by atoms with Gasteiger partial charge in [0.1, 0.15) is 0 Å². The van der Waals surface area contributed by atoms with E-state index in [2.05, 4.69) is 15.5 Å². The molecule has 7 nitrogen and oxygen atoms in total. The maximum absolute atomic E-state index is 12.5. The molecular formula is C16H25ClN4O3S. The van der Waals surface area contributed by atoms with E-state index in [1.807, 2.05) is 27.8 Å². The number of aromatic nitrogens is 2. The third-order valence-electron chi connectivity index (χ3n) is 3.89. The van der Waals surface area contributed by atoms with E-state index in [1.165, 1.54) is 4.31 Å². The number of hydrogen-bond acceptors (Lipinski definition) is 6. The van der Waals surface area contributed by atoms with Crippen LogP contribution in [0.1, 0.15) is 26.6 Å². The third kappa shape index (κ3) is 5.01. The van der Waals surface area contributed by atoms with E-state index in [1.54, 1.807) is 24.3 Å². The van der Waals surface area contributed by atoms with E-state index in [-0.39, 0.29) is 23.3 Å². The van der Waals surface area contributed by atoms with Crippen LogP contribution >= 0.6 is 12.4 Å². The fourth-order valence-electron chi connectivity index (χ4n) is 2.31. The topological polar surface area (TPSA) is 88.3 Å². The van der Waals surface area contributed by atoms with E-state index < -0.39 is 10.0 Å². The lowest BCUT2D eigenvalue weighted by Gasteiger charge is -2.18. The van der Waals surface area contributed by atoms with Gasteiger partial charge in [0.15, 0.2) is 5.82 Å². The van der Waals surface area contributed by atoms with Crippen LogP contribution in [0.2, 0.25) is 0 Å². The zero-order chi connectivity index (χ0) is 17.7. The number of hydrogen-bond donors (Lipinski definition) is 1. The van der Waals surface area contributed by atoms with Crippen molar-refractivity contribution in [1.82, 2.24) is 19.8 Å². The standard InChI is InChI=1S/C16H24N4O3S.ClH/c1-5-20(6-2)24(21,22)14-9-7-13(8-10-14)16-18-15(19-23-16)11-12(3)17-4;/h7-10,12,17H,5-6,11H2,1-4H3;1H. The monoisotopic (exact) mass is 388 g/mol. The summed E-state index contributed by atoms with van der Waals surface area (Å²) in [5, 5.41) is 7.07. The number of nitrogens with zero attached hydrogens (tertiary/aromatic N) is 3. The van der Waals surface area contributed by atoms with E-state index >= 15 is 0 Å². The van der Waals surface area contributed by atoms with Crippen LogP contribution in [0.4, 0.5) is 0 Å². The molecule has 0 aliphatic rings. The second-order valence-corrected chi connectivity index (χ2v) is 7.46. The molecule has 25 heavy (non-hydrogen) atoms. The summed E-state index contributed by atoms with van der Waals surface area (Å²) in [5.74, 6) is 1.01. The Morgan fingerprint density at radius 1 is 1.20 bits per heavy atom. The molecule has 0 aliphatic heterocycles. The quantitative estimate of drug-likeness (QED) is 0.746. The molecule has 0 radical (unpaired) electrons. The maximum atomic E-state index is 12.5. The zero-order valence-electron chi connectivity index (χ0n) is 14.9. The highest BCUT2D eigenvalue weighted by Gasteiger charge is 2.21. The summed E-state index contributed by atoms with van der Waals surface area (Å²) in [6.45, 7) is 6.56. The Bertz CT molecular complexity index is 758. The Labute approximate surface area is 155 Å². The Hall–Kier alpha value is -1.48. The van der Waals surface area contributed by atoms with Gasteiger partial charge in [0.2, 0.25) is 10.0 Å². The van der Waals surface area contributed by atoms with Crippen molar-refractivity contribution in [1.29, 1.82) is 0 Å². The van der Waals surface area contributed by atoms with Gasteiger partial charge in [0.25, 0.3) is 5.89 Å². The van der Waals surface area contributed by atoms with Gasteiger partial charge in [-0.15, -0.1) is 12.4 Å². The summed E-state index contributed by atoms with van der Waals surface area (Å²) >= 11 is 0. The molecule has 2 aromatic rings. The first-order valence-corrected chi connectivity index (χ1v) is 9.46. The Kier molecular flexibility index (Phi) is 8.01. The second kappa shape index (κ2) is 9.28. The molecule has 0 bridgehead atoms. The van der Waals surface area contributed by atoms with Gasteiger partial charge >= 0.3 is 0 Å². The highest BCUT2D eigenvalue weighted by molar-refractivity contribution is 7.89. The van der Waals surface area contributed by atoms with Gasteiger partial charge in [-0.3, -0.25) is 0 Å². The summed E-state index contributed by atoms with van der Waals surface area (Å²) in [7, 11) is -1.58. The summed E-state index contributed by atoms with van der Waals surface area (Å²) in [6, 6.07) is 6.77. The SMILES string of the molecule is CCN(CC)S(=O)(=O)c1ccc(-c2nc(CC(C)NC)no2)cc1.Cl. The van der Waals surface area contributed by atoms with Crippen molar-refractivity contribution in [2.24, 2.45) is 0 Å². The number of likely N-dealkylation sites (N-methyl/N-ethyl adjacent to an activating group) is 1. The van der Waals surface area contributed by atoms with Crippen molar-refractivity contribution in [3.63, 3.8) is 0 Å². The summed E-state index contributed by atoms with van der Waals surface area (Å²) in [6.07, 6.45) is 0.661. The van der Waals surface area contributed by atoms with Gasteiger partial charge in [-0.05, 0) is 38.2 Å². The molecule has 0 spiro atoms. The first-order chi connectivity index (χ1) is 11.4. The highest BCUT2D eigenvalue weighted by Crippen LogP contribution is 2.22. The summed E-state index contributed by atoms with van der Waals surface area (Å²) < 4.78 is 31.6. The van der Waals surface area contributed by atoms with Gasteiger partial charge in [-0.25, -0.2) is 8.42 Å². The minimum absolute atomic E-state index is 0. The molecule has 0 saturated heterocycles. The molecule has 140 valence electrons. The molecule has 1 atom stereocenters. The van der Waals surface area contributed by atoms with Gasteiger partial charge in [-0.1, -0.05) is 19.0 Å². The lowest BCUT2D eigenvalue weighted by atomic mass is 10.2. The van der Waals surface area contributed by atoms with Crippen LogP contribution in [-0.2, 0) is 16.4 Å². The smallest absolute Gasteiger partial charge is 0.257 e. The van der Waals surface area contributed by atoms with Gasteiger partial charge in [0, 0.05) is 31.1 Å². The van der Waals surface area contributed by atoms with Crippen molar-refractivity contribution in [3.05, 3.63) is 30.1 Å². The van der Waals surface area contributed by atoms with Crippen LogP contribution in [0.15, 0.2) is 33.7 Å². The van der Waals surface area contributed by atoms with Crippen molar-refractivity contribution >= 4 is 22.4 Å². The average molecular weight is 389 g/mol. The zero-order valence-corrected chi connectivity index (χ0v) is 16.5. The first-order valence-electron chi connectivity index (χ1n) is 8.02. The second-order valence-electron chi connectivity index (χ2n) is 5.52. The van der Waals surface area contributed by atoms with E-state index in [0.29, 0.717) is 36.8 Å². The fourth-order valence-corrected chi connectivity index (χ4v) is 3.77. The van der Waals surface area contributed by atoms with Crippen LogP contribution in [0.3, 0.4) is 0 Å². The molecule has 0 fully saturated rings. The molecule has 1 heterocycles. The first kappa shape index (κ1) is 21.6. The molecule has 0 amide bonds. The lowest BCUT2D eigenvalue weighted by Crippen LogP contribution is -2.30. The molecule has 9 heteroatoms. The minimum atomic E-state index is -3.46. The van der Waals surface area contributed by atoms with Crippen molar-refractivity contribution in [3.8, 4) is 11.5 Å². The Morgan fingerprint density at radius 2 is 1.80 bits per heavy atom. The minimum Gasteiger partial charge on any atom is -0.334 e. The molecule has 1 aromatic heterocycles. The van der Waals surface area contributed by atoms with Crippen molar-refractivity contribution in [2.75, 3.05) is 20.1 Å². The molecular weight excluding hydrogens is 364 g/mol. The number of rotatable bonds is 8. The van der Waals surface area contributed by atoms with E-state index in [9.17, 15) is 8.42 Å². The normalized spacial score (nSPS) is 12.8. The van der Waals surface area contributed by atoms with Crippen LogP contribution in [-0.4, -0.2) is 49.0 Å². The van der Waals surface area contributed by atoms with Crippen LogP contribution in [0, 0.1) is 0 Å². The molecule has 1 unspecified atom stereocenters. The number of nitrogens with one attached hydrogen (secondary N) is 1. The third-order valence-corrected chi connectivity index (χ3v) is 5.96. The molecule has 1 aromatic carbocycles. The average Bonchev–Trinajstić information content (AvgIpc) is 3.04. The number of halogens is 1. The van der Waals surface area contributed by atoms with Crippen LogP contribution in [0.5, 0.6) is 0 Å². The van der Waals surface area contributed by atoms with Crippen molar-refractivity contribution < 1.29 is 12.9 Å². The van der Waals surface area contributed by atoms with Crippen molar-refractivity contribution in [2.45, 2.75) is 38.1 Å². The predicted molar refractivity (Wildman–Crippen MR) is 99.3 cm³/mol. The van der Waals surface area contributed by atoms with E-state index in [0.717, 1.165) is 0 Å². The highest BCUT2D eigenvalue weighted by atomic mass is 35.5. The van der Waals surface area contributed by atoms with Gasteiger partial charge in [-0.2, -0.15) is 9.29 Å². The fraction of sp³-hybridized carbons (Fsp3) is 0.500. The Morgan fingerprint density at radius 3 is 2.32 bits per heavy atom. The summed E-state index contributed by atoms with van der Waals surface area (Å²) in [5.41, 5.74) is 0.698. The predicted octanol–water partition coefficient (Wildman–Crippen LogP) is 2.34. The van der Waals surface area contributed by atoms with Crippen LogP contribution < -0.4 is 5.32 Å². The van der Waals surface area contributed by atoms with Gasteiger partial charge < -0.3 is 9.84 Å². The largest absolute Gasteiger partial charge is 0.334 e. The van der Waals surface area contributed by atoms with Crippen LogP contribution in [0.25, 0.3) is 11.5 Å². The molecule has 0 saturated carbocycles. The maximum Gasteiger partial charge on any atom is 0.257 e. The summed E-state index contributed by atoms with van der Waals surface area (Å²) in [4.78, 5) is 4.61. The molecule has 1 N–H and O–H groups in total. The van der Waals surface area contributed by atoms with Gasteiger partial charge in [0.05, 0.1) is 4.90 Å². The number of benzene rings is 1. The van der Waals surface area contributed by atoms with E-state index in [4.69, 9.17) is 4.52 Å². The Balaban J connectivity index is 0.00000312. The molecule has 0 aliphatic carbocycles.